The Bertz CT molecular complexity index is 262. The first-order valence-corrected chi connectivity index (χ1v) is 3.52. The van der Waals surface area contributed by atoms with Gasteiger partial charge >= 0.3 is 5.08 Å². The summed E-state index contributed by atoms with van der Waals surface area (Å²) < 4.78 is 0. The lowest BCUT2D eigenvalue weighted by molar-refractivity contribution is 0.843. The number of hydrogen-bond acceptors (Lipinski definition) is 2. The number of nitrogens with one attached hydrogen (secondary N) is 1. The monoisotopic (exact) mass is 168 g/mol. The minimum Gasteiger partial charge on any atom is -0.0843 e. The number of rotatable bonds is 2. The van der Waals surface area contributed by atoms with E-state index in [0.717, 1.165) is 5.56 Å². The van der Waals surface area contributed by atoms with E-state index in [9.17, 15) is 0 Å². The molecule has 0 spiro atoms. The molecule has 1 rings (SSSR count). The maximum Gasteiger partial charge on any atom is 0.303 e. The van der Waals surface area contributed by atoms with Crippen LogP contribution in [0.1, 0.15) is 5.56 Å². The summed E-state index contributed by atoms with van der Waals surface area (Å²) in [5.74, 6) is 0. The third-order valence-electron chi connectivity index (χ3n) is 1.27. The largest absolute Gasteiger partial charge is 0.303 e. The SMILES string of the molecule is N#[N+]NCc1ccc(Cl)cc1. The molecular weight excluding hydrogens is 162 g/mol. The van der Waals surface area contributed by atoms with Gasteiger partial charge in [-0.3, -0.25) is 0 Å². The molecule has 0 fully saturated rings. The Kier molecular flexibility index (Phi) is 2.70. The fourth-order valence-corrected chi connectivity index (χ4v) is 0.855. The van der Waals surface area contributed by atoms with E-state index in [4.69, 9.17) is 17.0 Å². The molecule has 0 aromatic heterocycles. The van der Waals surface area contributed by atoms with E-state index in [0.29, 0.717) is 11.6 Å². The van der Waals surface area contributed by atoms with Crippen LogP contribution >= 0.6 is 11.6 Å². The third-order valence-corrected chi connectivity index (χ3v) is 1.52. The number of diazo groups is 1. The fourth-order valence-electron chi connectivity index (χ4n) is 0.729. The van der Waals surface area contributed by atoms with Gasteiger partial charge in [-0.05, 0) is 23.1 Å². The first-order chi connectivity index (χ1) is 5.33. The zero-order chi connectivity index (χ0) is 8.10. The topological polar surface area (TPSA) is 40.2 Å². The number of nitrogens with zero attached hydrogens (tertiary/aromatic N) is 2. The minimum atomic E-state index is 0.508. The molecule has 0 aliphatic heterocycles. The van der Waals surface area contributed by atoms with Crippen molar-refractivity contribution in [1.82, 2.24) is 5.43 Å². The average Bonchev–Trinajstić information content (AvgIpc) is 2.04. The molecule has 11 heavy (non-hydrogen) atoms. The van der Waals surface area contributed by atoms with Crippen LogP contribution in [0.4, 0.5) is 0 Å². The van der Waals surface area contributed by atoms with Crippen LogP contribution in [0.5, 0.6) is 0 Å². The van der Waals surface area contributed by atoms with Gasteiger partial charge in [-0.2, -0.15) is 0 Å². The molecule has 0 bridgehead atoms. The molecule has 4 heteroatoms. The smallest absolute Gasteiger partial charge is 0.0843 e. The Hall–Kier alpha value is -1.27. The van der Waals surface area contributed by atoms with Gasteiger partial charge in [0.25, 0.3) is 5.39 Å². The highest BCUT2D eigenvalue weighted by Crippen LogP contribution is 2.08. The highest BCUT2D eigenvalue weighted by molar-refractivity contribution is 6.30. The van der Waals surface area contributed by atoms with Gasteiger partial charge in [-0.25, -0.2) is 0 Å². The molecule has 0 heterocycles. The Morgan fingerprint density at radius 2 is 2.00 bits per heavy atom. The van der Waals surface area contributed by atoms with Gasteiger partial charge < -0.3 is 0 Å². The van der Waals surface area contributed by atoms with E-state index in [1.165, 1.54) is 0 Å². The molecule has 0 aliphatic rings. The molecule has 0 radical (unpaired) electrons. The Labute approximate surface area is 69.6 Å². The van der Waals surface area contributed by atoms with Gasteiger partial charge in [-0.15, -0.1) is 0 Å². The third kappa shape index (κ3) is 2.44. The zero-order valence-corrected chi connectivity index (χ0v) is 6.54. The van der Waals surface area contributed by atoms with Crippen LogP contribution in [0.25, 0.3) is 5.08 Å². The zero-order valence-electron chi connectivity index (χ0n) is 5.79. The van der Waals surface area contributed by atoms with Crippen molar-refractivity contribution in [3.63, 3.8) is 0 Å². The Balaban J connectivity index is 2.60. The lowest BCUT2D eigenvalue weighted by Gasteiger charge is -1.92. The van der Waals surface area contributed by atoms with E-state index in [2.05, 4.69) is 10.5 Å². The average molecular weight is 169 g/mol. The second-order valence-corrected chi connectivity index (χ2v) is 2.50. The fraction of sp³-hybridized carbons (Fsp3) is 0.143. The molecular formula is C7H7ClN3+. The highest BCUT2D eigenvalue weighted by Gasteiger charge is 1.94. The molecule has 0 unspecified atom stereocenters. The van der Waals surface area contributed by atoms with Gasteiger partial charge in [-0.1, -0.05) is 23.7 Å². The van der Waals surface area contributed by atoms with Crippen LogP contribution in [0.15, 0.2) is 24.3 Å². The summed E-state index contributed by atoms with van der Waals surface area (Å²) in [6.07, 6.45) is 0. The van der Waals surface area contributed by atoms with Crippen LogP contribution in [-0.4, -0.2) is 0 Å². The van der Waals surface area contributed by atoms with Crippen molar-refractivity contribution >= 4 is 11.6 Å². The highest BCUT2D eigenvalue weighted by atomic mass is 35.5. The summed E-state index contributed by atoms with van der Waals surface area (Å²) in [7, 11) is 0. The quantitative estimate of drug-likeness (QED) is 0.543. The van der Waals surface area contributed by atoms with Gasteiger partial charge in [0.05, 0.1) is 0 Å². The van der Waals surface area contributed by atoms with E-state index >= 15 is 0 Å². The number of halogens is 1. The van der Waals surface area contributed by atoms with Crippen LogP contribution in [-0.2, 0) is 6.54 Å². The normalized spacial score (nSPS) is 8.73. The van der Waals surface area contributed by atoms with Crippen LogP contribution < -0.4 is 5.43 Å². The number of benzene rings is 1. The van der Waals surface area contributed by atoms with Crippen molar-refractivity contribution in [3.8, 4) is 0 Å². The van der Waals surface area contributed by atoms with Gasteiger partial charge in [0.15, 0.2) is 0 Å². The summed E-state index contributed by atoms with van der Waals surface area (Å²) in [5.41, 5.74) is 3.44. The van der Waals surface area contributed by atoms with Gasteiger partial charge in [0, 0.05) is 5.02 Å². The predicted molar refractivity (Wildman–Crippen MR) is 43.4 cm³/mol. The summed E-state index contributed by atoms with van der Waals surface area (Å²) in [5, 5.41) is 11.5. The summed E-state index contributed by atoms with van der Waals surface area (Å²) in [4.78, 5) is 0. The molecule has 0 saturated heterocycles. The molecule has 3 nitrogen and oxygen atoms in total. The summed E-state index contributed by atoms with van der Waals surface area (Å²) >= 11 is 5.65. The van der Waals surface area contributed by atoms with Gasteiger partial charge in [0.1, 0.15) is 6.54 Å². The number of hydrogen-bond donors (Lipinski definition) is 1. The van der Waals surface area contributed by atoms with Crippen molar-refractivity contribution in [2.75, 3.05) is 0 Å². The van der Waals surface area contributed by atoms with E-state index < -0.39 is 0 Å². The van der Waals surface area contributed by atoms with Crippen molar-refractivity contribution in [3.05, 3.63) is 39.9 Å². The lowest BCUT2D eigenvalue weighted by Crippen LogP contribution is -2.00. The Morgan fingerprint density at radius 1 is 1.36 bits per heavy atom. The lowest BCUT2D eigenvalue weighted by atomic mass is 10.2. The molecule has 1 aromatic carbocycles. The predicted octanol–water partition coefficient (Wildman–Crippen LogP) is 2.20. The molecule has 0 aliphatic carbocycles. The molecule has 1 N–H and O–H groups in total. The van der Waals surface area contributed by atoms with E-state index in [1.54, 1.807) is 12.1 Å². The van der Waals surface area contributed by atoms with E-state index in [1.807, 2.05) is 12.1 Å². The maximum absolute atomic E-state index is 8.07. The molecule has 0 amide bonds. The molecule has 56 valence electrons. The Morgan fingerprint density at radius 3 is 2.55 bits per heavy atom. The van der Waals surface area contributed by atoms with Crippen LogP contribution in [0.2, 0.25) is 5.02 Å². The first kappa shape index (κ1) is 7.83. The van der Waals surface area contributed by atoms with Crippen LogP contribution in [0, 0.1) is 5.39 Å². The van der Waals surface area contributed by atoms with E-state index in [-0.39, 0.29) is 0 Å². The summed E-state index contributed by atoms with van der Waals surface area (Å²) in [6.45, 7) is 0.508. The molecule has 0 atom stereocenters. The van der Waals surface area contributed by atoms with Crippen molar-refractivity contribution in [2.45, 2.75) is 6.54 Å². The minimum absolute atomic E-state index is 0.508. The van der Waals surface area contributed by atoms with Crippen molar-refractivity contribution in [2.24, 2.45) is 0 Å². The van der Waals surface area contributed by atoms with Crippen molar-refractivity contribution < 1.29 is 0 Å². The molecule has 1 aromatic rings. The molecule has 0 saturated carbocycles. The van der Waals surface area contributed by atoms with Crippen LogP contribution in [0.3, 0.4) is 0 Å². The van der Waals surface area contributed by atoms with Gasteiger partial charge in [0.2, 0.25) is 0 Å². The second kappa shape index (κ2) is 3.79. The standard InChI is InChI=1S/C7H7ClN3/c8-7-3-1-6(2-4-7)5-10-11-9/h1-4,10H,5H2/q+1. The second-order valence-electron chi connectivity index (χ2n) is 2.06. The van der Waals surface area contributed by atoms with Crippen molar-refractivity contribution in [1.29, 1.82) is 5.39 Å². The summed E-state index contributed by atoms with van der Waals surface area (Å²) in [6, 6.07) is 7.30. The maximum atomic E-state index is 8.07. The first-order valence-electron chi connectivity index (χ1n) is 3.14.